The van der Waals surface area contributed by atoms with Crippen molar-refractivity contribution in [3.63, 3.8) is 0 Å². The predicted molar refractivity (Wildman–Crippen MR) is 83.0 cm³/mol. The van der Waals surface area contributed by atoms with Gasteiger partial charge in [-0.05, 0) is 54.6 Å². The lowest BCUT2D eigenvalue weighted by Gasteiger charge is -2.32. The van der Waals surface area contributed by atoms with Crippen LogP contribution in [0.25, 0.3) is 0 Å². The van der Waals surface area contributed by atoms with Gasteiger partial charge < -0.3 is 5.32 Å². The largest absolute Gasteiger partial charge is 0.325 e. The summed E-state index contributed by atoms with van der Waals surface area (Å²) in [5.41, 5.74) is 1.96. The van der Waals surface area contributed by atoms with E-state index >= 15 is 0 Å². The van der Waals surface area contributed by atoms with E-state index in [0.717, 1.165) is 13.0 Å². The summed E-state index contributed by atoms with van der Waals surface area (Å²) in [6.07, 6.45) is 1.00. The molecule has 3 nitrogen and oxygen atoms in total. The number of amides is 1. The van der Waals surface area contributed by atoms with E-state index in [9.17, 15) is 9.18 Å². The Hall–Kier alpha value is -1.72. The lowest BCUT2D eigenvalue weighted by molar-refractivity contribution is -0.117. The molecule has 0 radical (unpaired) electrons. The lowest BCUT2D eigenvalue weighted by atomic mass is 10.0. The number of hydrogen-bond donors (Lipinski definition) is 1. The smallest absolute Gasteiger partial charge is 0.238 e. The van der Waals surface area contributed by atoms with Crippen LogP contribution in [0.2, 0.25) is 0 Å². The molecule has 2 heterocycles. The molecule has 1 aliphatic heterocycles. The summed E-state index contributed by atoms with van der Waals surface area (Å²) in [6, 6.07) is 8.25. The maximum atomic E-state index is 12.8. The van der Waals surface area contributed by atoms with Gasteiger partial charge in [-0.2, -0.15) is 0 Å². The molecule has 1 aromatic carbocycles. The highest BCUT2D eigenvalue weighted by atomic mass is 32.1. The van der Waals surface area contributed by atoms with Crippen molar-refractivity contribution in [3.05, 3.63) is 52.0 Å². The molecule has 1 atom stereocenters. The minimum atomic E-state index is -0.303. The number of rotatable bonds is 3. The molecule has 0 unspecified atom stereocenters. The average Bonchev–Trinajstić information content (AvgIpc) is 2.94. The van der Waals surface area contributed by atoms with Gasteiger partial charge in [-0.1, -0.05) is 0 Å². The zero-order valence-electron chi connectivity index (χ0n) is 11.8. The van der Waals surface area contributed by atoms with Crippen molar-refractivity contribution in [2.45, 2.75) is 19.4 Å². The van der Waals surface area contributed by atoms with Gasteiger partial charge >= 0.3 is 0 Å². The molecule has 21 heavy (non-hydrogen) atoms. The summed E-state index contributed by atoms with van der Waals surface area (Å²) < 4.78 is 12.8. The summed E-state index contributed by atoms with van der Waals surface area (Å²) in [7, 11) is 0. The monoisotopic (exact) mass is 304 g/mol. The van der Waals surface area contributed by atoms with Crippen LogP contribution in [0.15, 0.2) is 35.7 Å². The van der Waals surface area contributed by atoms with Crippen LogP contribution in [0.5, 0.6) is 0 Å². The van der Waals surface area contributed by atoms with Gasteiger partial charge in [0.25, 0.3) is 0 Å². The van der Waals surface area contributed by atoms with Gasteiger partial charge in [0.15, 0.2) is 0 Å². The molecular formula is C16H17FN2OS. The van der Waals surface area contributed by atoms with Crippen LogP contribution in [-0.4, -0.2) is 23.9 Å². The van der Waals surface area contributed by atoms with E-state index in [-0.39, 0.29) is 17.8 Å². The number of fused-ring (bicyclic) bond motifs is 1. The first-order valence-electron chi connectivity index (χ1n) is 6.99. The van der Waals surface area contributed by atoms with E-state index in [1.807, 2.05) is 0 Å². The quantitative estimate of drug-likeness (QED) is 0.942. The van der Waals surface area contributed by atoms with Crippen molar-refractivity contribution >= 4 is 22.9 Å². The standard InChI is InChI=1S/C16H17FN2OS/c1-11-14-7-9-21-15(14)6-8-19(11)10-16(20)18-13-4-2-12(17)3-5-13/h2-5,7,9,11H,6,8,10H2,1H3,(H,18,20)/t11-/m0/s1. The van der Waals surface area contributed by atoms with E-state index in [1.165, 1.54) is 22.6 Å². The molecule has 0 fully saturated rings. The Morgan fingerprint density at radius 1 is 1.38 bits per heavy atom. The van der Waals surface area contributed by atoms with Gasteiger partial charge in [0.1, 0.15) is 5.82 Å². The van der Waals surface area contributed by atoms with E-state index in [2.05, 4.69) is 28.6 Å². The third-order valence-corrected chi connectivity index (χ3v) is 4.87. The molecule has 3 rings (SSSR count). The number of hydrogen-bond acceptors (Lipinski definition) is 3. The topological polar surface area (TPSA) is 32.3 Å². The van der Waals surface area contributed by atoms with Gasteiger partial charge in [-0.3, -0.25) is 9.69 Å². The summed E-state index contributed by atoms with van der Waals surface area (Å²) in [6.45, 7) is 3.38. The highest BCUT2D eigenvalue weighted by Crippen LogP contribution is 2.32. The third-order valence-electron chi connectivity index (χ3n) is 3.88. The molecule has 1 amide bonds. The molecule has 0 spiro atoms. The van der Waals surface area contributed by atoms with Gasteiger partial charge in [0, 0.05) is 23.2 Å². The van der Waals surface area contributed by atoms with E-state index in [4.69, 9.17) is 0 Å². The normalized spacial score (nSPS) is 18.3. The van der Waals surface area contributed by atoms with Crippen molar-refractivity contribution in [2.24, 2.45) is 0 Å². The average molecular weight is 304 g/mol. The predicted octanol–water partition coefficient (Wildman–Crippen LogP) is 3.45. The Morgan fingerprint density at radius 2 is 2.14 bits per heavy atom. The molecule has 1 aliphatic rings. The third kappa shape index (κ3) is 3.14. The van der Waals surface area contributed by atoms with Crippen LogP contribution >= 0.6 is 11.3 Å². The first kappa shape index (κ1) is 14.2. The minimum absolute atomic E-state index is 0.0628. The van der Waals surface area contributed by atoms with E-state index in [0.29, 0.717) is 12.2 Å². The van der Waals surface area contributed by atoms with Crippen molar-refractivity contribution in [1.29, 1.82) is 0 Å². The number of halogens is 1. The summed E-state index contributed by atoms with van der Waals surface area (Å²) in [4.78, 5) is 15.7. The van der Waals surface area contributed by atoms with Crippen LogP contribution in [0.3, 0.4) is 0 Å². The zero-order valence-corrected chi connectivity index (χ0v) is 12.6. The Bertz CT molecular complexity index is 638. The van der Waals surface area contributed by atoms with Gasteiger partial charge in [-0.25, -0.2) is 4.39 Å². The molecule has 2 aromatic rings. The van der Waals surface area contributed by atoms with Crippen LogP contribution in [0, 0.1) is 5.82 Å². The second kappa shape index (κ2) is 5.95. The number of anilines is 1. The van der Waals surface area contributed by atoms with E-state index < -0.39 is 0 Å². The van der Waals surface area contributed by atoms with Crippen molar-refractivity contribution in [3.8, 4) is 0 Å². The number of thiophene rings is 1. The fourth-order valence-electron chi connectivity index (χ4n) is 2.70. The minimum Gasteiger partial charge on any atom is -0.325 e. The maximum absolute atomic E-state index is 12.8. The number of benzene rings is 1. The fourth-order valence-corrected chi connectivity index (χ4v) is 3.66. The Kier molecular flexibility index (Phi) is 4.03. The first-order valence-corrected chi connectivity index (χ1v) is 7.87. The van der Waals surface area contributed by atoms with Crippen molar-refractivity contribution in [1.82, 2.24) is 4.90 Å². The SMILES string of the molecule is C[C@H]1c2ccsc2CCN1CC(=O)Nc1ccc(F)cc1. The lowest BCUT2D eigenvalue weighted by Crippen LogP contribution is -2.39. The van der Waals surface area contributed by atoms with Crippen LogP contribution < -0.4 is 5.32 Å². The second-order valence-corrected chi connectivity index (χ2v) is 6.25. The molecule has 0 saturated heterocycles. The first-order chi connectivity index (χ1) is 10.1. The Labute approximate surface area is 127 Å². The van der Waals surface area contributed by atoms with Crippen molar-refractivity contribution in [2.75, 3.05) is 18.4 Å². The molecule has 1 aromatic heterocycles. The summed E-state index contributed by atoms with van der Waals surface area (Å²) in [5.74, 6) is -0.366. The molecule has 5 heteroatoms. The highest BCUT2D eigenvalue weighted by molar-refractivity contribution is 7.10. The zero-order chi connectivity index (χ0) is 14.8. The van der Waals surface area contributed by atoms with Gasteiger partial charge in [0.05, 0.1) is 6.54 Å². The number of nitrogens with zero attached hydrogens (tertiary/aromatic N) is 1. The number of carbonyl (C=O) groups is 1. The maximum Gasteiger partial charge on any atom is 0.238 e. The molecule has 0 bridgehead atoms. The molecule has 1 N–H and O–H groups in total. The number of nitrogens with one attached hydrogen (secondary N) is 1. The van der Waals surface area contributed by atoms with Crippen LogP contribution in [0.1, 0.15) is 23.4 Å². The van der Waals surface area contributed by atoms with Gasteiger partial charge in [0.2, 0.25) is 5.91 Å². The Balaban J connectivity index is 1.62. The van der Waals surface area contributed by atoms with E-state index in [1.54, 1.807) is 23.5 Å². The van der Waals surface area contributed by atoms with Crippen LogP contribution in [0.4, 0.5) is 10.1 Å². The molecular weight excluding hydrogens is 287 g/mol. The summed E-state index contributed by atoms with van der Waals surface area (Å²) in [5, 5.41) is 4.92. The van der Waals surface area contributed by atoms with Gasteiger partial charge in [-0.15, -0.1) is 11.3 Å². The Morgan fingerprint density at radius 3 is 2.90 bits per heavy atom. The van der Waals surface area contributed by atoms with Crippen molar-refractivity contribution < 1.29 is 9.18 Å². The molecule has 110 valence electrons. The molecule has 0 aliphatic carbocycles. The summed E-state index contributed by atoms with van der Waals surface area (Å²) >= 11 is 1.79. The second-order valence-electron chi connectivity index (χ2n) is 5.25. The fraction of sp³-hybridized carbons (Fsp3) is 0.312. The van der Waals surface area contributed by atoms with Crippen LogP contribution in [-0.2, 0) is 11.2 Å². The highest BCUT2D eigenvalue weighted by Gasteiger charge is 2.25. The molecule has 0 saturated carbocycles. The number of carbonyl (C=O) groups excluding carboxylic acids is 1.